The minimum atomic E-state index is -3.98. The van der Waals surface area contributed by atoms with E-state index in [0.717, 1.165) is 0 Å². The summed E-state index contributed by atoms with van der Waals surface area (Å²) in [6.07, 6.45) is 0.354. The molecule has 0 saturated carbocycles. The maximum Gasteiger partial charge on any atom is 0.239 e. The molecule has 2 heterocycles. The van der Waals surface area contributed by atoms with Gasteiger partial charge in [0, 0.05) is 22.9 Å². The molecule has 1 aromatic heterocycles. The Kier molecular flexibility index (Phi) is 8.77. The van der Waals surface area contributed by atoms with Crippen LogP contribution in [0, 0.1) is 11.7 Å². The van der Waals surface area contributed by atoms with Crippen LogP contribution in [0.4, 0.5) is 4.39 Å². The number of ketones is 1. The summed E-state index contributed by atoms with van der Waals surface area (Å²) in [6, 6.07) is 25.4. The smallest absolute Gasteiger partial charge is 0.239 e. The molecule has 4 atom stereocenters. The predicted octanol–water partition coefficient (Wildman–Crippen LogP) is 5.95. The van der Waals surface area contributed by atoms with Gasteiger partial charge in [-0.25, -0.2) is 12.8 Å². The van der Waals surface area contributed by atoms with Crippen LogP contribution in [0.2, 0.25) is 0 Å². The van der Waals surface area contributed by atoms with Crippen molar-refractivity contribution in [3.8, 4) is 0 Å². The molecule has 1 saturated heterocycles. The average Bonchev–Trinajstić information content (AvgIpc) is 3.64. The van der Waals surface area contributed by atoms with E-state index in [1.54, 1.807) is 43.3 Å². The van der Waals surface area contributed by atoms with Crippen LogP contribution in [0.3, 0.4) is 0 Å². The zero-order chi connectivity index (χ0) is 29.0. The highest BCUT2D eigenvalue weighted by Crippen LogP contribution is 2.53. The van der Waals surface area contributed by atoms with Gasteiger partial charge in [0.1, 0.15) is 11.9 Å². The monoisotopic (exact) mass is 590 g/mol. The van der Waals surface area contributed by atoms with Crippen molar-refractivity contribution in [2.45, 2.75) is 37.9 Å². The number of nitrogens with zero attached hydrogens (tertiary/aromatic N) is 1. The lowest BCUT2D eigenvalue weighted by Gasteiger charge is -2.29. The van der Waals surface area contributed by atoms with Gasteiger partial charge in [0.2, 0.25) is 15.9 Å². The van der Waals surface area contributed by atoms with E-state index in [0.29, 0.717) is 28.0 Å². The Hall–Kier alpha value is -3.66. The number of Topliss-reactive ketones (excluding diaryl/α,β-unsaturated/α-hetero) is 1. The van der Waals surface area contributed by atoms with Crippen LogP contribution in [0.1, 0.15) is 51.7 Å². The molecule has 0 bridgehead atoms. The van der Waals surface area contributed by atoms with Crippen molar-refractivity contribution in [3.63, 3.8) is 0 Å². The minimum Gasteiger partial charge on any atom is -0.351 e. The summed E-state index contributed by atoms with van der Waals surface area (Å²) in [7, 11) is -3.98. The van der Waals surface area contributed by atoms with Crippen molar-refractivity contribution in [1.29, 1.82) is 0 Å². The van der Waals surface area contributed by atoms with Crippen molar-refractivity contribution < 1.29 is 22.4 Å². The van der Waals surface area contributed by atoms with Crippen molar-refractivity contribution >= 4 is 33.1 Å². The standard InChI is InChI=1S/C32H31FN2O4S2/c1-2-20-41(38,39)35-29(26-14-9-19-40-26)28(31(36)24-12-7-4-8-13-24)27(23-10-5-3-6-11-23)30(35)32(37)34-21-22-15-17-25(33)18-16-22/h3-19,27-30H,2,20-21H2,1H3,(H,34,37). The molecule has 0 aliphatic carbocycles. The second-order valence-corrected chi connectivity index (χ2v) is 13.1. The number of carbonyl (C=O) groups is 2. The van der Waals surface area contributed by atoms with Gasteiger partial charge in [-0.3, -0.25) is 9.59 Å². The second-order valence-electron chi connectivity index (χ2n) is 10.1. The number of thiophene rings is 1. The number of nitrogens with one attached hydrogen (secondary N) is 1. The number of rotatable bonds is 10. The molecule has 1 fully saturated rings. The van der Waals surface area contributed by atoms with Gasteiger partial charge in [-0.05, 0) is 41.1 Å². The fourth-order valence-electron chi connectivity index (χ4n) is 5.69. The normalized spacial score (nSPS) is 21.0. The number of hydrogen-bond acceptors (Lipinski definition) is 5. The number of benzene rings is 3. The van der Waals surface area contributed by atoms with Crippen LogP contribution in [0.5, 0.6) is 0 Å². The van der Waals surface area contributed by atoms with Crippen LogP contribution < -0.4 is 5.32 Å². The molecule has 41 heavy (non-hydrogen) atoms. The van der Waals surface area contributed by atoms with Crippen LogP contribution in [0.15, 0.2) is 102 Å². The lowest BCUT2D eigenvalue weighted by molar-refractivity contribution is -0.125. The first kappa shape index (κ1) is 28.9. The number of sulfonamides is 1. The summed E-state index contributed by atoms with van der Waals surface area (Å²) in [5.74, 6) is -2.89. The van der Waals surface area contributed by atoms with Gasteiger partial charge < -0.3 is 5.32 Å². The van der Waals surface area contributed by atoms with Gasteiger partial charge in [-0.2, -0.15) is 4.31 Å². The molecule has 1 aliphatic heterocycles. The zero-order valence-corrected chi connectivity index (χ0v) is 24.2. The van der Waals surface area contributed by atoms with Gasteiger partial charge in [0.05, 0.1) is 17.7 Å². The molecule has 3 aromatic carbocycles. The zero-order valence-electron chi connectivity index (χ0n) is 22.5. The lowest BCUT2D eigenvalue weighted by Crippen LogP contribution is -2.49. The summed E-state index contributed by atoms with van der Waals surface area (Å²) in [5.41, 5.74) is 1.84. The van der Waals surface area contributed by atoms with E-state index < -0.39 is 45.7 Å². The Morgan fingerprint density at radius 2 is 1.56 bits per heavy atom. The number of halogens is 1. The summed E-state index contributed by atoms with van der Waals surface area (Å²) < 4.78 is 42.9. The first-order chi connectivity index (χ1) is 19.8. The van der Waals surface area contributed by atoms with Gasteiger partial charge >= 0.3 is 0 Å². The van der Waals surface area contributed by atoms with Gasteiger partial charge in [-0.1, -0.05) is 85.8 Å². The maximum atomic E-state index is 14.4. The van der Waals surface area contributed by atoms with E-state index in [4.69, 9.17) is 0 Å². The second kappa shape index (κ2) is 12.5. The molecule has 1 amide bonds. The van der Waals surface area contributed by atoms with Crippen molar-refractivity contribution in [2.75, 3.05) is 5.75 Å². The third-order valence-corrected chi connectivity index (χ3v) is 10.4. The molecule has 9 heteroatoms. The summed E-state index contributed by atoms with van der Waals surface area (Å²) in [4.78, 5) is 29.2. The molecule has 1 aliphatic rings. The molecule has 4 unspecified atom stereocenters. The fourth-order valence-corrected chi connectivity index (χ4v) is 8.52. The summed E-state index contributed by atoms with van der Waals surface area (Å²) in [5, 5.41) is 4.74. The van der Waals surface area contributed by atoms with E-state index in [9.17, 15) is 22.4 Å². The third kappa shape index (κ3) is 6.02. The highest BCUT2D eigenvalue weighted by Gasteiger charge is 2.59. The SMILES string of the molecule is CCCS(=O)(=O)N1C(C(=O)NCc2ccc(F)cc2)C(c2ccccc2)C(C(=O)c2ccccc2)C1c1cccs1. The Bertz CT molecular complexity index is 1580. The fraction of sp³-hybridized carbons (Fsp3) is 0.250. The molecular formula is C32H31FN2O4S2. The molecule has 0 spiro atoms. The molecule has 4 aromatic rings. The molecule has 1 N–H and O–H groups in total. The van der Waals surface area contributed by atoms with E-state index in [2.05, 4.69) is 5.32 Å². The quantitative estimate of drug-likeness (QED) is 0.231. The van der Waals surface area contributed by atoms with E-state index in [-0.39, 0.29) is 18.1 Å². The van der Waals surface area contributed by atoms with E-state index >= 15 is 0 Å². The van der Waals surface area contributed by atoms with Gasteiger partial charge in [-0.15, -0.1) is 11.3 Å². The van der Waals surface area contributed by atoms with Gasteiger partial charge in [0.15, 0.2) is 5.78 Å². The first-order valence-electron chi connectivity index (χ1n) is 13.5. The molecular weight excluding hydrogens is 559 g/mol. The maximum absolute atomic E-state index is 14.4. The van der Waals surface area contributed by atoms with E-state index in [1.165, 1.54) is 27.8 Å². The van der Waals surface area contributed by atoms with Crippen LogP contribution in [-0.4, -0.2) is 36.2 Å². The van der Waals surface area contributed by atoms with Crippen molar-refractivity contribution in [3.05, 3.63) is 130 Å². The van der Waals surface area contributed by atoms with E-state index in [1.807, 2.05) is 53.9 Å². The largest absolute Gasteiger partial charge is 0.351 e. The Labute approximate surface area is 243 Å². The molecule has 0 radical (unpaired) electrons. The van der Waals surface area contributed by atoms with Crippen LogP contribution in [0.25, 0.3) is 0 Å². The van der Waals surface area contributed by atoms with Gasteiger partial charge in [0.25, 0.3) is 0 Å². The molecule has 212 valence electrons. The Morgan fingerprint density at radius 1 is 0.902 bits per heavy atom. The Balaban J connectivity index is 1.68. The Morgan fingerprint density at radius 3 is 2.17 bits per heavy atom. The molecule has 6 nitrogen and oxygen atoms in total. The topological polar surface area (TPSA) is 83.6 Å². The van der Waals surface area contributed by atoms with Crippen molar-refractivity contribution in [2.24, 2.45) is 5.92 Å². The van der Waals surface area contributed by atoms with Crippen LogP contribution >= 0.6 is 11.3 Å². The van der Waals surface area contributed by atoms with Crippen LogP contribution in [-0.2, 0) is 21.4 Å². The van der Waals surface area contributed by atoms with Crippen molar-refractivity contribution in [1.82, 2.24) is 9.62 Å². The highest BCUT2D eigenvalue weighted by molar-refractivity contribution is 7.89. The predicted molar refractivity (Wildman–Crippen MR) is 158 cm³/mol. The summed E-state index contributed by atoms with van der Waals surface area (Å²) in [6.45, 7) is 1.86. The average molecular weight is 591 g/mol. The molecule has 5 rings (SSSR count). The third-order valence-electron chi connectivity index (χ3n) is 7.43. The minimum absolute atomic E-state index is 0.0831. The first-order valence-corrected chi connectivity index (χ1v) is 16.0. The number of amides is 1. The lowest BCUT2D eigenvalue weighted by atomic mass is 9.77. The number of hydrogen-bond donors (Lipinski definition) is 1. The number of carbonyl (C=O) groups excluding carboxylic acids is 2. The summed E-state index contributed by atoms with van der Waals surface area (Å²) >= 11 is 1.37. The highest BCUT2D eigenvalue weighted by atomic mass is 32.2.